The molecular weight excluding hydrogens is 254 g/mol. The number of nitrogens with zero attached hydrogens (tertiary/aromatic N) is 3. The van der Waals surface area contributed by atoms with E-state index in [2.05, 4.69) is 23.8 Å². The van der Waals surface area contributed by atoms with Crippen LogP contribution in [0.2, 0.25) is 0 Å². The Morgan fingerprint density at radius 2 is 2.25 bits per heavy atom. The van der Waals surface area contributed by atoms with Gasteiger partial charge in [0, 0.05) is 25.8 Å². The van der Waals surface area contributed by atoms with Crippen LogP contribution in [0, 0.1) is 5.41 Å². The zero-order chi connectivity index (χ0) is 14.6. The molecule has 1 unspecified atom stereocenters. The molecule has 20 heavy (non-hydrogen) atoms. The van der Waals surface area contributed by atoms with Crippen molar-refractivity contribution in [3.05, 3.63) is 18.0 Å². The third kappa shape index (κ3) is 3.03. The van der Waals surface area contributed by atoms with Crippen molar-refractivity contribution < 1.29 is 9.90 Å². The quantitative estimate of drug-likeness (QED) is 0.832. The lowest BCUT2D eigenvalue weighted by Crippen LogP contribution is -2.34. The van der Waals surface area contributed by atoms with E-state index in [0.29, 0.717) is 6.54 Å². The molecule has 1 aliphatic heterocycles. The van der Waals surface area contributed by atoms with Gasteiger partial charge in [-0.1, -0.05) is 20.3 Å². The molecule has 0 radical (unpaired) electrons. The van der Waals surface area contributed by atoms with Crippen molar-refractivity contribution in [3.8, 4) is 0 Å². The van der Waals surface area contributed by atoms with Crippen molar-refractivity contribution in [2.24, 2.45) is 5.41 Å². The fourth-order valence-electron chi connectivity index (χ4n) is 3.19. The molecule has 0 aromatic carbocycles. The molecule has 0 amide bonds. The van der Waals surface area contributed by atoms with Crippen LogP contribution in [0.5, 0.6) is 0 Å². The molecule has 0 spiro atoms. The van der Waals surface area contributed by atoms with Gasteiger partial charge in [-0.25, -0.2) is 0 Å². The van der Waals surface area contributed by atoms with Gasteiger partial charge in [0.25, 0.3) is 0 Å². The van der Waals surface area contributed by atoms with Crippen LogP contribution >= 0.6 is 0 Å². The van der Waals surface area contributed by atoms with E-state index < -0.39 is 11.4 Å². The predicted molar refractivity (Wildman–Crippen MR) is 77.4 cm³/mol. The summed E-state index contributed by atoms with van der Waals surface area (Å²) in [4.78, 5) is 13.8. The van der Waals surface area contributed by atoms with Crippen molar-refractivity contribution >= 4 is 5.97 Å². The van der Waals surface area contributed by atoms with E-state index >= 15 is 0 Å². The minimum Gasteiger partial charge on any atom is -0.481 e. The Hall–Kier alpha value is -1.36. The molecule has 112 valence electrons. The first kappa shape index (κ1) is 15.0. The smallest absolute Gasteiger partial charge is 0.310 e. The highest BCUT2D eigenvalue weighted by Gasteiger charge is 2.43. The molecule has 1 fully saturated rings. The highest BCUT2D eigenvalue weighted by atomic mass is 16.4. The Morgan fingerprint density at radius 1 is 1.45 bits per heavy atom. The zero-order valence-electron chi connectivity index (χ0n) is 12.5. The normalized spacial score (nSPS) is 23.3. The third-order valence-electron chi connectivity index (χ3n) is 4.24. The Balaban J connectivity index is 2.02. The van der Waals surface area contributed by atoms with Crippen molar-refractivity contribution in [1.82, 2.24) is 14.7 Å². The van der Waals surface area contributed by atoms with Gasteiger partial charge in [-0.15, -0.1) is 0 Å². The standard InChI is InChI=1S/C15H25N3O2/c1-3-6-15(14(19)20)7-10-17(12-15)11-13-5-8-16-18(13)9-4-2/h5,8H,3-4,6-7,9-12H2,1-2H3,(H,19,20). The molecule has 1 aromatic heterocycles. The molecule has 1 aliphatic rings. The number of aryl methyl sites for hydroxylation is 1. The van der Waals surface area contributed by atoms with E-state index in [-0.39, 0.29) is 0 Å². The molecule has 1 aromatic rings. The molecule has 0 aliphatic carbocycles. The van der Waals surface area contributed by atoms with Crippen LogP contribution in [-0.4, -0.2) is 38.8 Å². The maximum Gasteiger partial charge on any atom is 0.310 e. The minimum atomic E-state index is -0.635. The lowest BCUT2D eigenvalue weighted by molar-refractivity contribution is -0.148. The van der Waals surface area contributed by atoms with Crippen LogP contribution in [0.15, 0.2) is 12.3 Å². The van der Waals surface area contributed by atoms with Gasteiger partial charge < -0.3 is 5.11 Å². The zero-order valence-corrected chi connectivity index (χ0v) is 12.5. The summed E-state index contributed by atoms with van der Waals surface area (Å²) in [6, 6.07) is 2.04. The molecule has 2 heterocycles. The first-order valence-electron chi connectivity index (χ1n) is 7.57. The van der Waals surface area contributed by atoms with E-state index in [1.54, 1.807) is 0 Å². The number of carboxylic acids is 1. The average molecular weight is 279 g/mol. The number of carbonyl (C=O) groups is 1. The van der Waals surface area contributed by atoms with Gasteiger partial charge in [-0.3, -0.25) is 14.4 Å². The van der Waals surface area contributed by atoms with Crippen molar-refractivity contribution in [1.29, 1.82) is 0 Å². The third-order valence-corrected chi connectivity index (χ3v) is 4.24. The average Bonchev–Trinajstić information content (AvgIpc) is 3.00. The summed E-state index contributed by atoms with van der Waals surface area (Å²) in [7, 11) is 0. The molecule has 1 atom stereocenters. The second-order valence-corrected chi connectivity index (χ2v) is 5.84. The van der Waals surface area contributed by atoms with Crippen molar-refractivity contribution in [2.75, 3.05) is 13.1 Å². The number of likely N-dealkylation sites (tertiary alicyclic amines) is 1. The fraction of sp³-hybridized carbons (Fsp3) is 0.733. The van der Waals surface area contributed by atoms with Gasteiger partial charge >= 0.3 is 5.97 Å². The summed E-state index contributed by atoms with van der Waals surface area (Å²) in [5.74, 6) is -0.635. The second-order valence-electron chi connectivity index (χ2n) is 5.84. The molecular formula is C15H25N3O2. The largest absolute Gasteiger partial charge is 0.481 e. The first-order chi connectivity index (χ1) is 9.61. The maximum atomic E-state index is 11.6. The van der Waals surface area contributed by atoms with Gasteiger partial charge in [0.1, 0.15) is 0 Å². The maximum absolute atomic E-state index is 11.6. The van der Waals surface area contributed by atoms with Crippen molar-refractivity contribution in [3.63, 3.8) is 0 Å². The number of carboxylic acid groups (broad SMARTS) is 1. The minimum absolute atomic E-state index is 0.537. The number of rotatable bonds is 7. The van der Waals surface area contributed by atoms with Crippen LogP contribution in [-0.2, 0) is 17.9 Å². The highest BCUT2D eigenvalue weighted by molar-refractivity contribution is 5.75. The molecule has 1 N–H and O–H groups in total. The van der Waals surface area contributed by atoms with E-state index in [4.69, 9.17) is 0 Å². The lowest BCUT2D eigenvalue weighted by Gasteiger charge is -2.24. The van der Waals surface area contributed by atoms with Gasteiger partial charge in [0.05, 0.1) is 11.1 Å². The van der Waals surface area contributed by atoms with Crippen LogP contribution in [0.3, 0.4) is 0 Å². The molecule has 2 rings (SSSR count). The molecule has 1 saturated heterocycles. The monoisotopic (exact) mass is 279 g/mol. The van der Waals surface area contributed by atoms with E-state index in [1.807, 2.05) is 16.9 Å². The Morgan fingerprint density at radius 3 is 2.90 bits per heavy atom. The SMILES string of the molecule is CCCn1nccc1CN1CCC(CCC)(C(=O)O)C1. The number of aromatic nitrogens is 2. The van der Waals surface area contributed by atoms with Crippen LogP contribution in [0.1, 0.15) is 45.2 Å². The summed E-state index contributed by atoms with van der Waals surface area (Å²) in [6.07, 6.45) is 5.35. The van der Waals surface area contributed by atoms with Crippen LogP contribution in [0.25, 0.3) is 0 Å². The van der Waals surface area contributed by atoms with E-state index in [0.717, 1.165) is 45.3 Å². The van der Waals surface area contributed by atoms with Gasteiger partial charge in [0.2, 0.25) is 0 Å². The summed E-state index contributed by atoms with van der Waals surface area (Å²) in [6.45, 7) is 7.45. The predicted octanol–water partition coefficient (Wildman–Crippen LogP) is 2.37. The first-order valence-corrected chi connectivity index (χ1v) is 7.57. The van der Waals surface area contributed by atoms with E-state index in [1.165, 1.54) is 5.69 Å². The second kappa shape index (κ2) is 6.39. The summed E-state index contributed by atoms with van der Waals surface area (Å²) in [5, 5.41) is 13.9. The number of hydrogen-bond donors (Lipinski definition) is 1. The van der Waals surface area contributed by atoms with Gasteiger partial charge in [-0.05, 0) is 31.9 Å². The van der Waals surface area contributed by atoms with Crippen molar-refractivity contribution in [2.45, 2.75) is 52.6 Å². The molecule has 0 bridgehead atoms. The lowest BCUT2D eigenvalue weighted by atomic mass is 9.83. The van der Waals surface area contributed by atoms with Crippen LogP contribution in [0.4, 0.5) is 0 Å². The number of aliphatic carboxylic acids is 1. The Bertz CT molecular complexity index is 458. The summed E-state index contributed by atoms with van der Waals surface area (Å²) < 4.78 is 2.03. The molecule has 5 heteroatoms. The fourth-order valence-corrected chi connectivity index (χ4v) is 3.19. The summed E-state index contributed by atoms with van der Waals surface area (Å²) in [5.41, 5.74) is 0.647. The Labute approximate surface area is 120 Å². The van der Waals surface area contributed by atoms with Crippen LogP contribution < -0.4 is 0 Å². The topological polar surface area (TPSA) is 58.4 Å². The highest BCUT2D eigenvalue weighted by Crippen LogP contribution is 2.36. The molecule has 5 nitrogen and oxygen atoms in total. The van der Waals surface area contributed by atoms with Gasteiger partial charge in [0.15, 0.2) is 0 Å². The number of hydrogen-bond acceptors (Lipinski definition) is 3. The van der Waals surface area contributed by atoms with E-state index in [9.17, 15) is 9.90 Å². The van der Waals surface area contributed by atoms with Gasteiger partial charge in [-0.2, -0.15) is 5.10 Å². The molecule has 0 saturated carbocycles. The summed E-state index contributed by atoms with van der Waals surface area (Å²) >= 11 is 0. The Kier molecular flexibility index (Phi) is 4.81.